The molecule has 2 atom stereocenters. The van der Waals surface area contributed by atoms with Gasteiger partial charge in [-0.2, -0.15) is 0 Å². The Morgan fingerprint density at radius 3 is 2.43 bits per heavy atom. The fourth-order valence-corrected chi connectivity index (χ4v) is 3.58. The maximum Gasteiger partial charge on any atom is 0.0372 e. The third-order valence-corrected chi connectivity index (χ3v) is 4.72. The SMILES string of the molecule is Cc1ccc(NC2CCCCC2c2ccccc2)c(C)c1. The summed E-state index contributed by atoms with van der Waals surface area (Å²) in [5.41, 5.74) is 5.47. The fourth-order valence-electron chi connectivity index (χ4n) is 3.58. The predicted molar refractivity (Wildman–Crippen MR) is 91.0 cm³/mol. The summed E-state index contributed by atoms with van der Waals surface area (Å²) in [5, 5.41) is 3.82. The third kappa shape index (κ3) is 3.29. The lowest BCUT2D eigenvalue weighted by Crippen LogP contribution is -2.30. The molecule has 0 saturated heterocycles. The van der Waals surface area contributed by atoms with Crippen molar-refractivity contribution in [2.24, 2.45) is 0 Å². The van der Waals surface area contributed by atoms with Crippen LogP contribution in [0, 0.1) is 13.8 Å². The number of aryl methyl sites for hydroxylation is 2. The van der Waals surface area contributed by atoms with Gasteiger partial charge in [-0.1, -0.05) is 60.9 Å². The molecular formula is C20H25N. The van der Waals surface area contributed by atoms with Gasteiger partial charge in [0, 0.05) is 17.6 Å². The number of anilines is 1. The minimum Gasteiger partial charge on any atom is -0.381 e. The highest BCUT2D eigenvalue weighted by molar-refractivity contribution is 5.53. The summed E-state index contributed by atoms with van der Waals surface area (Å²) >= 11 is 0. The Bertz CT molecular complexity index is 588. The standard InChI is InChI=1S/C20H25N/c1-15-12-13-19(16(2)14-15)21-20-11-7-6-10-18(20)17-8-4-3-5-9-17/h3-5,8-9,12-14,18,20-21H,6-7,10-11H2,1-2H3. The topological polar surface area (TPSA) is 12.0 Å². The van der Waals surface area contributed by atoms with Gasteiger partial charge in [0.1, 0.15) is 0 Å². The molecule has 21 heavy (non-hydrogen) atoms. The second-order valence-corrected chi connectivity index (χ2v) is 6.37. The molecule has 0 aliphatic heterocycles. The fraction of sp³-hybridized carbons (Fsp3) is 0.400. The first-order chi connectivity index (χ1) is 10.2. The van der Waals surface area contributed by atoms with Gasteiger partial charge in [-0.05, 0) is 43.9 Å². The molecule has 3 rings (SSSR count). The van der Waals surface area contributed by atoms with Crippen LogP contribution in [0.3, 0.4) is 0 Å². The summed E-state index contributed by atoms with van der Waals surface area (Å²) in [6, 6.07) is 18.3. The molecule has 1 heteroatoms. The van der Waals surface area contributed by atoms with Gasteiger partial charge < -0.3 is 5.32 Å². The van der Waals surface area contributed by atoms with E-state index in [9.17, 15) is 0 Å². The molecule has 0 radical (unpaired) electrons. The molecule has 2 aromatic carbocycles. The van der Waals surface area contributed by atoms with Crippen molar-refractivity contribution in [1.82, 2.24) is 0 Å². The molecular weight excluding hydrogens is 254 g/mol. The van der Waals surface area contributed by atoms with Gasteiger partial charge in [-0.3, -0.25) is 0 Å². The average molecular weight is 279 g/mol. The molecule has 1 N–H and O–H groups in total. The maximum atomic E-state index is 3.82. The molecule has 0 spiro atoms. The van der Waals surface area contributed by atoms with Gasteiger partial charge in [-0.15, -0.1) is 0 Å². The second-order valence-electron chi connectivity index (χ2n) is 6.37. The normalized spacial score (nSPS) is 22.0. The van der Waals surface area contributed by atoms with E-state index in [1.165, 1.54) is 48.1 Å². The first-order valence-corrected chi connectivity index (χ1v) is 8.13. The molecule has 2 unspecified atom stereocenters. The lowest BCUT2D eigenvalue weighted by molar-refractivity contribution is 0.405. The van der Waals surface area contributed by atoms with Gasteiger partial charge in [0.05, 0.1) is 0 Å². The van der Waals surface area contributed by atoms with Gasteiger partial charge in [0.2, 0.25) is 0 Å². The Labute approximate surface area is 128 Å². The second kappa shape index (κ2) is 6.34. The molecule has 0 heterocycles. The molecule has 2 aromatic rings. The van der Waals surface area contributed by atoms with Crippen LogP contribution in [-0.2, 0) is 0 Å². The van der Waals surface area contributed by atoms with Crippen LogP contribution in [0.2, 0.25) is 0 Å². The van der Waals surface area contributed by atoms with E-state index >= 15 is 0 Å². The van der Waals surface area contributed by atoms with E-state index < -0.39 is 0 Å². The smallest absolute Gasteiger partial charge is 0.0372 e. The number of hydrogen-bond donors (Lipinski definition) is 1. The van der Waals surface area contributed by atoms with Crippen LogP contribution in [-0.4, -0.2) is 6.04 Å². The van der Waals surface area contributed by atoms with Crippen molar-refractivity contribution in [3.63, 3.8) is 0 Å². The lowest BCUT2D eigenvalue weighted by atomic mass is 9.80. The Morgan fingerprint density at radius 1 is 0.905 bits per heavy atom. The Morgan fingerprint density at radius 2 is 1.67 bits per heavy atom. The van der Waals surface area contributed by atoms with Crippen molar-refractivity contribution in [3.8, 4) is 0 Å². The van der Waals surface area contributed by atoms with E-state index in [0.29, 0.717) is 12.0 Å². The largest absolute Gasteiger partial charge is 0.381 e. The van der Waals surface area contributed by atoms with Crippen molar-refractivity contribution in [1.29, 1.82) is 0 Å². The number of nitrogens with one attached hydrogen (secondary N) is 1. The predicted octanol–water partition coefficient (Wildman–Crippen LogP) is 5.44. The van der Waals surface area contributed by atoms with Crippen LogP contribution in [0.5, 0.6) is 0 Å². The van der Waals surface area contributed by atoms with Crippen molar-refractivity contribution >= 4 is 5.69 Å². The summed E-state index contributed by atoms with van der Waals surface area (Å²) in [7, 11) is 0. The van der Waals surface area contributed by atoms with Gasteiger partial charge in [0.15, 0.2) is 0 Å². The van der Waals surface area contributed by atoms with Gasteiger partial charge in [-0.25, -0.2) is 0 Å². The van der Waals surface area contributed by atoms with Crippen molar-refractivity contribution in [2.45, 2.75) is 51.5 Å². The van der Waals surface area contributed by atoms with E-state index in [-0.39, 0.29) is 0 Å². The molecule has 0 amide bonds. The number of benzene rings is 2. The summed E-state index contributed by atoms with van der Waals surface area (Å²) in [6.45, 7) is 4.36. The zero-order valence-electron chi connectivity index (χ0n) is 13.1. The Kier molecular flexibility index (Phi) is 4.28. The third-order valence-electron chi connectivity index (χ3n) is 4.72. The van der Waals surface area contributed by atoms with E-state index in [0.717, 1.165) is 0 Å². The first kappa shape index (κ1) is 14.2. The zero-order valence-corrected chi connectivity index (χ0v) is 13.1. The molecule has 1 saturated carbocycles. The monoisotopic (exact) mass is 279 g/mol. The number of hydrogen-bond acceptors (Lipinski definition) is 1. The minimum atomic E-state index is 0.558. The highest BCUT2D eigenvalue weighted by Crippen LogP contribution is 2.35. The van der Waals surface area contributed by atoms with Crippen LogP contribution in [0.25, 0.3) is 0 Å². The Balaban J connectivity index is 1.81. The van der Waals surface area contributed by atoms with Crippen LogP contribution >= 0.6 is 0 Å². The molecule has 110 valence electrons. The molecule has 1 nitrogen and oxygen atoms in total. The summed E-state index contributed by atoms with van der Waals surface area (Å²) in [6.07, 6.45) is 5.26. The van der Waals surface area contributed by atoms with Gasteiger partial charge in [0.25, 0.3) is 0 Å². The van der Waals surface area contributed by atoms with Gasteiger partial charge >= 0.3 is 0 Å². The summed E-state index contributed by atoms with van der Waals surface area (Å²) in [4.78, 5) is 0. The van der Waals surface area contributed by atoms with Crippen molar-refractivity contribution in [3.05, 3.63) is 65.2 Å². The molecule has 0 bridgehead atoms. The summed E-state index contributed by atoms with van der Waals surface area (Å²) in [5.74, 6) is 0.639. The van der Waals surface area contributed by atoms with Crippen molar-refractivity contribution < 1.29 is 0 Å². The van der Waals surface area contributed by atoms with Crippen LogP contribution < -0.4 is 5.32 Å². The zero-order chi connectivity index (χ0) is 14.7. The maximum absolute atomic E-state index is 3.82. The van der Waals surface area contributed by atoms with E-state index in [2.05, 4.69) is 67.7 Å². The Hall–Kier alpha value is -1.76. The highest BCUT2D eigenvalue weighted by atomic mass is 14.9. The lowest BCUT2D eigenvalue weighted by Gasteiger charge is -2.34. The molecule has 0 aromatic heterocycles. The quantitative estimate of drug-likeness (QED) is 0.788. The minimum absolute atomic E-state index is 0.558. The average Bonchev–Trinajstić information content (AvgIpc) is 2.51. The van der Waals surface area contributed by atoms with E-state index in [1.54, 1.807) is 0 Å². The number of rotatable bonds is 3. The van der Waals surface area contributed by atoms with Crippen LogP contribution in [0.15, 0.2) is 48.5 Å². The first-order valence-electron chi connectivity index (χ1n) is 8.13. The highest BCUT2D eigenvalue weighted by Gasteiger charge is 2.26. The van der Waals surface area contributed by atoms with Crippen molar-refractivity contribution in [2.75, 3.05) is 5.32 Å². The molecule has 1 aliphatic carbocycles. The van der Waals surface area contributed by atoms with E-state index in [4.69, 9.17) is 0 Å². The summed E-state index contributed by atoms with van der Waals surface area (Å²) < 4.78 is 0. The van der Waals surface area contributed by atoms with Crippen LogP contribution in [0.1, 0.15) is 48.3 Å². The van der Waals surface area contributed by atoms with Crippen LogP contribution in [0.4, 0.5) is 5.69 Å². The molecule has 1 aliphatic rings. The molecule has 1 fully saturated rings. The van der Waals surface area contributed by atoms with E-state index in [1.807, 2.05) is 0 Å².